The van der Waals surface area contributed by atoms with Crippen molar-refractivity contribution >= 4 is 23.2 Å². The molecule has 1 aliphatic carbocycles. The summed E-state index contributed by atoms with van der Waals surface area (Å²) in [5.74, 6) is -3.50. The van der Waals surface area contributed by atoms with E-state index in [9.17, 15) is 8.78 Å². The molecule has 1 aliphatic rings. The molecule has 1 saturated carbocycles. The van der Waals surface area contributed by atoms with Gasteiger partial charge in [0.05, 0.1) is 0 Å². The van der Waals surface area contributed by atoms with Gasteiger partial charge in [0.2, 0.25) is 0 Å². The summed E-state index contributed by atoms with van der Waals surface area (Å²) in [6.07, 6.45) is 1.37. The Bertz CT molecular complexity index is 208. The Labute approximate surface area is 74.2 Å². The first-order valence-corrected chi connectivity index (χ1v) is 4.03. The second-order valence-corrected chi connectivity index (χ2v) is 4.05. The largest absolute Gasteiger partial charge is 0.302 e. The molecular formula is C7H8Cl2F2. The third-order valence-electron chi connectivity index (χ3n) is 2.10. The van der Waals surface area contributed by atoms with E-state index in [1.807, 2.05) is 0 Å². The van der Waals surface area contributed by atoms with Gasteiger partial charge in [-0.05, 0) is 6.92 Å². The highest BCUT2D eigenvalue weighted by atomic mass is 35.5. The minimum atomic E-state index is -3.05. The summed E-state index contributed by atoms with van der Waals surface area (Å²) in [4.78, 5) is 0. The van der Waals surface area contributed by atoms with E-state index in [-0.39, 0.29) is 5.57 Å². The fraction of sp³-hybridized carbons (Fsp3) is 0.714. The van der Waals surface area contributed by atoms with Crippen LogP contribution >= 0.6 is 23.2 Å². The summed E-state index contributed by atoms with van der Waals surface area (Å²) < 4.78 is 23.9. The molecule has 0 unspecified atom stereocenters. The van der Waals surface area contributed by atoms with Crippen LogP contribution in [0.1, 0.15) is 13.8 Å². The minimum Gasteiger partial charge on any atom is -0.198 e. The summed E-state index contributed by atoms with van der Waals surface area (Å²) in [7, 11) is 0. The Morgan fingerprint density at radius 2 is 1.91 bits per heavy atom. The molecule has 64 valence electrons. The second kappa shape index (κ2) is 2.33. The maximum Gasteiger partial charge on any atom is 0.302 e. The number of allylic oxidation sites excluding steroid dienone is 2. The molecule has 0 aromatic carbocycles. The van der Waals surface area contributed by atoms with Gasteiger partial charge in [0.1, 0.15) is 0 Å². The molecule has 0 heterocycles. The Kier molecular flexibility index (Phi) is 1.97. The third-order valence-corrected chi connectivity index (χ3v) is 3.23. The van der Waals surface area contributed by atoms with Gasteiger partial charge in [0.25, 0.3) is 0 Å². The molecule has 0 nitrogen and oxygen atoms in total. The number of hydrogen-bond acceptors (Lipinski definition) is 0. The van der Waals surface area contributed by atoms with Crippen LogP contribution in [0.5, 0.6) is 0 Å². The zero-order chi connectivity index (χ0) is 8.86. The fourth-order valence-electron chi connectivity index (χ4n) is 1.29. The van der Waals surface area contributed by atoms with Crippen molar-refractivity contribution in [3.8, 4) is 0 Å². The van der Waals surface area contributed by atoms with Gasteiger partial charge in [0, 0.05) is 11.5 Å². The first-order valence-electron chi connectivity index (χ1n) is 3.28. The lowest BCUT2D eigenvalue weighted by Gasteiger charge is -2.48. The van der Waals surface area contributed by atoms with Crippen molar-refractivity contribution in [2.45, 2.75) is 24.1 Å². The number of alkyl halides is 4. The predicted molar refractivity (Wildman–Crippen MR) is 42.3 cm³/mol. The van der Waals surface area contributed by atoms with Gasteiger partial charge in [-0.3, -0.25) is 0 Å². The summed E-state index contributed by atoms with van der Waals surface area (Å²) >= 11 is 10.8. The molecule has 4 heteroatoms. The second-order valence-electron chi connectivity index (χ2n) is 2.66. The highest BCUT2D eigenvalue weighted by Crippen LogP contribution is 2.61. The lowest BCUT2D eigenvalue weighted by Crippen LogP contribution is -2.58. The van der Waals surface area contributed by atoms with Gasteiger partial charge in [0.15, 0.2) is 4.33 Å². The lowest BCUT2D eigenvalue weighted by atomic mass is 9.75. The van der Waals surface area contributed by atoms with Crippen LogP contribution < -0.4 is 0 Å². The molecule has 0 saturated heterocycles. The van der Waals surface area contributed by atoms with E-state index in [1.54, 1.807) is 13.8 Å². The van der Waals surface area contributed by atoms with Crippen molar-refractivity contribution in [3.63, 3.8) is 0 Å². The van der Waals surface area contributed by atoms with E-state index in [1.165, 1.54) is 6.08 Å². The summed E-state index contributed by atoms with van der Waals surface area (Å²) in [6.45, 7) is 3.15. The molecule has 0 aliphatic heterocycles. The van der Waals surface area contributed by atoms with E-state index >= 15 is 0 Å². The molecule has 0 amide bonds. The fourth-order valence-corrected chi connectivity index (χ4v) is 1.74. The Morgan fingerprint density at radius 1 is 1.45 bits per heavy atom. The smallest absolute Gasteiger partial charge is 0.198 e. The summed E-state index contributed by atoms with van der Waals surface area (Å²) in [5.41, 5.74) is 0.0301. The van der Waals surface area contributed by atoms with Crippen LogP contribution in [-0.2, 0) is 0 Å². The molecular weight excluding hydrogens is 193 g/mol. The Morgan fingerprint density at radius 3 is 2.09 bits per heavy atom. The van der Waals surface area contributed by atoms with Crippen molar-refractivity contribution in [3.05, 3.63) is 11.6 Å². The molecule has 1 rings (SSSR count). The van der Waals surface area contributed by atoms with E-state index in [0.29, 0.717) is 0 Å². The van der Waals surface area contributed by atoms with Gasteiger partial charge < -0.3 is 0 Å². The van der Waals surface area contributed by atoms with Crippen LogP contribution in [0.4, 0.5) is 8.78 Å². The Hall–Kier alpha value is 0.180. The van der Waals surface area contributed by atoms with Crippen molar-refractivity contribution in [2.75, 3.05) is 0 Å². The first-order chi connectivity index (χ1) is 4.85. The quantitative estimate of drug-likeness (QED) is 0.416. The standard InChI is InChI=1S/C7H8Cl2F2/c1-3-5-4(2)6(8,9)7(5,10)11/h3-4H,1-2H3/b5-3-/t4-/m0/s1. The maximum absolute atomic E-state index is 12.9. The topological polar surface area (TPSA) is 0 Å². The Balaban J connectivity index is 2.98. The van der Waals surface area contributed by atoms with Crippen molar-refractivity contribution in [2.24, 2.45) is 5.92 Å². The van der Waals surface area contributed by atoms with Crippen LogP contribution in [0, 0.1) is 5.92 Å². The minimum absolute atomic E-state index is 0.0301. The number of rotatable bonds is 0. The van der Waals surface area contributed by atoms with E-state index in [0.717, 1.165) is 0 Å². The molecule has 1 fully saturated rings. The summed E-state index contributed by atoms with van der Waals surface area (Å²) in [5, 5.41) is 0. The maximum atomic E-state index is 12.9. The van der Waals surface area contributed by atoms with Crippen LogP contribution in [-0.4, -0.2) is 10.3 Å². The molecule has 0 bridgehead atoms. The molecule has 0 aromatic heterocycles. The van der Waals surface area contributed by atoms with Crippen molar-refractivity contribution < 1.29 is 8.78 Å². The predicted octanol–water partition coefficient (Wildman–Crippen LogP) is 3.39. The average Bonchev–Trinajstić information content (AvgIpc) is 1.88. The highest BCUT2D eigenvalue weighted by Gasteiger charge is 2.68. The van der Waals surface area contributed by atoms with Crippen LogP contribution in [0.25, 0.3) is 0 Å². The normalized spacial score (nSPS) is 36.9. The van der Waals surface area contributed by atoms with Crippen LogP contribution in [0.15, 0.2) is 11.6 Å². The SMILES string of the molecule is C/C=C1/[C@H](C)C(Cl)(Cl)C1(F)F. The van der Waals surface area contributed by atoms with Crippen molar-refractivity contribution in [1.82, 2.24) is 0 Å². The van der Waals surface area contributed by atoms with Gasteiger partial charge >= 0.3 is 5.92 Å². The number of hydrogen-bond donors (Lipinski definition) is 0. The molecule has 0 radical (unpaired) electrons. The van der Waals surface area contributed by atoms with Crippen LogP contribution in [0.2, 0.25) is 0 Å². The molecule has 11 heavy (non-hydrogen) atoms. The average molecular weight is 201 g/mol. The van der Waals surface area contributed by atoms with Gasteiger partial charge in [-0.25, -0.2) is 0 Å². The van der Waals surface area contributed by atoms with E-state index in [2.05, 4.69) is 0 Å². The molecule has 0 spiro atoms. The monoisotopic (exact) mass is 200 g/mol. The zero-order valence-electron chi connectivity index (χ0n) is 6.17. The van der Waals surface area contributed by atoms with E-state index < -0.39 is 16.2 Å². The number of halogens is 4. The molecule has 0 aromatic rings. The molecule has 0 N–H and O–H groups in total. The van der Waals surface area contributed by atoms with Crippen molar-refractivity contribution in [1.29, 1.82) is 0 Å². The van der Waals surface area contributed by atoms with Crippen LogP contribution in [0.3, 0.4) is 0 Å². The summed E-state index contributed by atoms with van der Waals surface area (Å²) in [6, 6.07) is 0. The molecule has 1 atom stereocenters. The van der Waals surface area contributed by atoms with E-state index in [4.69, 9.17) is 23.2 Å². The van der Waals surface area contributed by atoms with Gasteiger partial charge in [-0.1, -0.05) is 36.2 Å². The zero-order valence-corrected chi connectivity index (χ0v) is 7.68. The van der Waals surface area contributed by atoms with Gasteiger partial charge in [-0.15, -0.1) is 0 Å². The lowest BCUT2D eigenvalue weighted by molar-refractivity contribution is -0.0500. The first kappa shape index (κ1) is 9.27. The highest BCUT2D eigenvalue weighted by molar-refractivity contribution is 6.50. The van der Waals surface area contributed by atoms with Gasteiger partial charge in [-0.2, -0.15) is 8.78 Å². The third kappa shape index (κ3) is 0.922.